The Morgan fingerprint density at radius 1 is 1.39 bits per heavy atom. The maximum Gasteiger partial charge on any atom is 0.258 e. The fourth-order valence-corrected chi connectivity index (χ4v) is 3.01. The van der Waals surface area contributed by atoms with E-state index in [1.807, 2.05) is 0 Å². The van der Waals surface area contributed by atoms with E-state index in [0.717, 1.165) is 25.9 Å². The summed E-state index contributed by atoms with van der Waals surface area (Å²) >= 11 is 0. The van der Waals surface area contributed by atoms with Crippen LogP contribution in [0.5, 0.6) is 0 Å². The van der Waals surface area contributed by atoms with Gasteiger partial charge in [0.25, 0.3) is 5.56 Å². The van der Waals surface area contributed by atoms with E-state index in [4.69, 9.17) is 9.47 Å². The number of hydrogen-bond acceptors (Lipinski definition) is 5. The molecule has 1 fully saturated rings. The van der Waals surface area contributed by atoms with Crippen LogP contribution in [-0.4, -0.2) is 46.3 Å². The van der Waals surface area contributed by atoms with Gasteiger partial charge in [-0.25, -0.2) is 4.98 Å². The highest BCUT2D eigenvalue weighted by Crippen LogP contribution is 2.18. The summed E-state index contributed by atoms with van der Waals surface area (Å²) in [4.78, 5) is 30.5. The molecule has 0 aliphatic carbocycles. The van der Waals surface area contributed by atoms with Gasteiger partial charge in [0.1, 0.15) is 12.4 Å². The van der Waals surface area contributed by atoms with Crippen LogP contribution in [0.15, 0.2) is 4.79 Å². The summed E-state index contributed by atoms with van der Waals surface area (Å²) in [5.74, 6) is 0.548. The van der Waals surface area contributed by atoms with Crippen molar-refractivity contribution in [2.45, 2.75) is 45.4 Å². The molecule has 1 unspecified atom stereocenters. The number of nitrogens with zero attached hydrogens (tertiary/aromatic N) is 3. The quantitative estimate of drug-likeness (QED) is 0.808. The minimum absolute atomic E-state index is 0.0210. The van der Waals surface area contributed by atoms with Crippen molar-refractivity contribution in [2.24, 2.45) is 7.05 Å². The molecule has 0 bridgehead atoms. The van der Waals surface area contributed by atoms with Gasteiger partial charge in [0.15, 0.2) is 0 Å². The highest BCUT2D eigenvalue weighted by Gasteiger charge is 2.28. The Balaban J connectivity index is 1.53. The Labute approximate surface area is 135 Å². The first-order valence-corrected chi connectivity index (χ1v) is 8.08. The van der Waals surface area contributed by atoms with Gasteiger partial charge in [-0.3, -0.25) is 14.2 Å². The second-order valence-electron chi connectivity index (χ2n) is 6.20. The highest BCUT2D eigenvalue weighted by molar-refractivity contribution is 5.78. The van der Waals surface area contributed by atoms with Crippen molar-refractivity contribution in [3.8, 4) is 0 Å². The first-order valence-electron chi connectivity index (χ1n) is 8.08. The lowest BCUT2D eigenvalue weighted by Gasteiger charge is -2.22. The number of carbonyl (C=O) groups excluding carboxylic acids is 1. The molecule has 1 aromatic rings. The summed E-state index contributed by atoms with van der Waals surface area (Å²) in [7, 11) is 1.70. The van der Waals surface area contributed by atoms with Crippen LogP contribution in [0.4, 0.5) is 0 Å². The summed E-state index contributed by atoms with van der Waals surface area (Å²) in [6.45, 7) is 3.74. The molecule has 0 radical (unpaired) electrons. The van der Waals surface area contributed by atoms with Gasteiger partial charge in [-0.15, -0.1) is 0 Å². The number of hydrogen-bond donors (Lipinski definition) is 0. The highest BCUT2D eigenvalue weighted by atomic mass is 16.5. The van der Waals surface area contributed by atoms with E-state index in [1.54, 1.807) is 18.9 Å². The van der Waals surface area contributed by atoms with Crippen LogP contribution < -0.4 is 5.56 Å². The molecule has 3 rings (SSSR count). The van der Waals surface area contributed by atoms with Crippen LogP contribution in [0, 0.1) is 6.92 Å². The van der Waals surface area contributed by atoms with Crippen LogP contribution in [0.1, 0.15) is 36.3 Å². The molecule has 126 valence electrons. The lowest BCUT2D eigenvalue weighted by molar-refractivity contribution is -0.138. The van der Waals surface area contributed by atoms with Crippen molar-refractivity contribution in [1.29, 1.82) is 0 Å². The second kappa shape index (κ2) is 6.80. The van der Waals surface area contributed by atoms with Gasteiger partial charge >= 0.3 is 0 Å². The number of amides is 1. The molecule has 2 aliphatic rings. The minimum atomic E-state index is -0.112. The molecule has 7 nitrogen and oxygen atoms in total. The zero-order valence-corrected chi connectivity index (χ0v) is 13.7. The molecule has 0 N–H and O–H groups in total. The molecule has 7 heteroatoms. The van der Waals surface area contributed by atoms with Crippen molar-refractivity contribution < 1.29 is 14.3 Å². The van der Waals surface area contributed by atoms with Gasteiger partial charge < -0.3 is 14.4 Å². The van der Waals surface area contributed by atoms with Crippen LogP contribution in [0.2, 0.25) is 0 Å². The van der Waals surface area contributed by atoms with E-state index in [0.29, 0.717) is 36.8 Å². The number of ether oxygens (including phenoxy) is 2. The first-order chi connectivity index (χ1) is 11.1. The van der Waals surface area contributed by atoms with Crippen LogP contribution in [0.3, 0.4) is 0 Å². The van der Waals surface area contributed by atoms with Crippen molar-refractivity contribution in [3.05, 3.63) is 27.4 Å². The number of aromatic nitrogens is 2. The Kier molecular flexibility index (Phi) is 4.77. The second-order valence-corrected chi connectivity index (χ2v) is 6.20. The number of carbonyl (C=O) groups is 1. The predicted octanol–water partition coefficient (Wildman–Crippen LogP) is 0.517. The molecule has 3 heterocycles. The Morgan fingerprint density at radius 2 is 2.22 bits per heavy atom. The smallest absolute Gasteiger partial charge is 0.258 e. The summed E-state index contributed by atoms with van der Waals surface area (Å²) in [5.41, 5.74) is 1.25. The van der Waals surface area contributed by atoms with Crippen molar-refractivity contribution in [3.63, 3.8) is 0 Å². The maximum atomic E-state index is 12.3. The third kappa shape index (κ3) is 3.45. The zero-order valence-electron chi connectivity index (χ0n) is 13.7. The standard InChI is InChI=1S/C16H23N3O4/c1-11-17-14-8-19(7-13(14)16(21)18(11)2)15(20)10-22-9-12-5-3-4-6-23-12/h12H,3-10H2,1-2H3. The van der Waals surface area contributed by atoms with Gasteiger partial charge in [-0.1, -0.05) is 0 Å². The van der Waals surface area contributed by atoms with E-state index in [9.17, 15) is 9.59 Å². The molecular weight excluding hydrogens is 298 g/mol. The van der Waals surface area contributed by atoms with Crippen LogP contribution in [0.25, 0.3) is 0 Å². The lowest BCUT2D eigenvalue weighted by Crippen LogP contribution is -2.32. The largest absolute Gasteiger partial charge is 0.376 e. The van der Waals surface area contributed by atoms with Gasteiger partial charge in [0, 0.05) is 13.7 Å². The average Bonchev–Trinajstić information content (AvgIpc) is 2.98. The van der Waals surface area contributed by atoms with E-state index in [-0.39, 0.29) is 24.2 Å². The summed E-state index contributed by atoms with van der Waals surface area (Å²) in [6, 6.07) is 0. The Morgan fingerprint density at radius 3 is 2.96 bits per heavy atom. The fraction of sp³-hybridized carbons (Fsp3) is 0.688. The topological polar surface area (TPSA) is 73.7 Å². The van der Waals surface area contributed by atoms with Gasteiger partial charge in [-0.2, -0.15) is 0 Å². The minimum Gasteiger partial charge on any atom is -0.376 e. The van der Waals surface area contributed by atoms with E-state index >= 15 is 0 Å². The van der Waals surface area contributed by atoms with Gasteiger partial charge in [-0.05, 0) is 26.2 Å². The van der Waals surface area contributed by atoms with E-state index in [1.165, 1.54) is 4.57 Å². The molecule has 0 spiro atoms. The van der Waals surface area contributed by atoms with Crippen molar-refractivity contribution in [1.82, 2.24) is 14.5 Å². The Hall–Kier alpha value is -1.73. The zero-order chi connectivity index (χ0) is 16.4. The van der Waals surface area contributed by atoms with Crippen molar-refractivity contribution >= 4 is 5.91 Å². The third-order valence-corrected chi connectivity index (χ3v) is 4.54. The number of rotatable bonds is 4. The first kappa shape index (κ1) is 16.1. The monoisotopic (exact) mass is 321 g/mol. The summed E-state index contributed by atoms with van der Waals surface area (Å²) < 4.78 is 12.6. The molecule has 0 saturated carbocycles. The molecule has 1 amide bonds. The molecule has 1 atom stereocenters. The molecular formula is C16H23N3O4. The van der Waals surface area contributed by atoms with Crippen LogP contribution in [-0.2, 0) is 34.4 Å². The molecule has 1 aromatic heterocycles. The van der Waals surface area contributed by atoms with Gasteiger partial charge in [0.2, 0.25) is 5.91 Å². The van der Waals surface area contributed by atoms with Crippen LogP contribution >= 0.6 is 0 Å². The van der Waals surface area contributed by atoms with Gasteiger partial charge in [0.05, 0.1) is 37.1 Å². The summed E-state index contributed by atoms with van der Waals surface area (Å²) in [5, 5.41) is 0. The fourth-order valence-electron chi connectivity index (χ4n) is 3.01. The molecule has 1 saturated heterocycles. The normalized spacial score (nSPS) is 20.6. The maximum absolute atomic E-state index is 12.3. The Bertz CT molecular complexity index is 649. The SMILES string of the molecule is Cc1nc2c(c(=O)n1C)CN(C(=O)COCC1CCCCO1)C2. The number of aryl methyl sites for hydroxylation is 1. The predicted molar refractivity (Wildman–Crippen MR) is 82.9 cm³/mol. The molecule has 0 aromatic carbocycles. The van der Waals surface area contributed by atoms with E-state index < -0.39 is 0 Å². The van der Waals surface area contributed by atoms with E-state index in [2.05, 4.69) is 4.98 Å². The summed E-state index contributed by atoms with van der Waals surface area (Å²) in [6.07, 6.45) is 3.34. The van der Waals surface area contributed by atoms with Crippen molar-refractivity contribution in [2.75, 3.05) is 19.8 Å². The third-order valence-electron chi connectivity index (χ3n) is 4.54. The molecule has 23 heavy (non-hydrogen) atoms. The lowest BCUT2D eigenvalue weighted by atomic mass is 10.1. The molecule has 2 aliphatic heterocycles. The average molecular weight is 321 g/mol. The number of fused-ring (bicyclic) bond motifs is 1.